The van der Waals surface area contributed by atoms with Gasteiger partial charge >= 0.3 is 5.97 Å². The molecule has 8 heteroatoms. The molecule has 0 radical (unpaired) electrons. The van der Waals surface area contributed by atoms with Crippen molar-refractivity contribution in [3.05, 3.63) is 75.1 Å². The van der Waals surface area contributed by atoms with E-state index >= 15 is 0 Å². The second kappa shape index (κ2) is 10.0. The van der Waals surface area contributed by atoms with Crippen LogP contribution in [-0.4, -0.2) is 36.0 Å². The first-order valence-electron chi connectivity index (χ1n) is 8.76. The minimum atomic E-state index is -1.32. The van der Waals surface area contributed by atoms with Crippen LogP contribution >= 0.6 is 11.6 Å². The Morgan fingerprint density at radius 2 is 2.17 bits per heavy atom. The van der Waals surface area contributed by atoms with Gasteiger partial charge in [0.2, 0.25) is 5.43 Å². The normalized spacial score (nSPS) is 11.9. The highest BCUT2D eigenvalue weighted by molar-refractivity contribution is 6.30. The van der Waals surface area contributed by atoms with Crippen LogP contribution in [0.4, 0.5) is 4.39 Å². The van der Waals surface area contributed by atoms with Crippen LogP contribution in [0.3, 0.4) is 0 Å². The molecule has 1 heterocycles. The molecule has 6 nitrogen and oxygen atoms in total. The number of carboxylic acid groups (broad SMARTS) is 1. The van der Waals surface area contributed by atoms with Gasteiger partial charge in [-0.05, 0) is 29.7 Å². The van der Waals surface area contributed by atoms with Gasteiger partial charge in [-0.25, -0.2) is 9.18 Å². The molecular formula is C21H22ClFN2O4. The molecule has 0 saturated carbocycles. The SMILES string of the molecule is C=C(Cl)/C=C\C=C(/CF)Cc1cc2c(=O)c(C(=O)O)cn(CCN)c2cc1OC. The summed E-state index contributed by atoms with van der Waals surface area (Å²) in [5, 5.41) is 9.87. The van der Waals surface area contributed by atoms with Crippen LogP contribution in [0.2, 0.25) is 0 Å². The van der Waals surface area contributed by atoms with Gasteiger partial charge in [0.25, 0.3) is 0 Å². The number of hydrogen-bond acceptors (Lipinski definition) is 4. The van der Waals surface area contributed by atoms with E-state index in [9.17, 15) is 19.1 Å². The van der Waals surface area contributed by atoms with E-state index in [1.54, 1.807) is 28.9 Å². The Kier molecular flexibility index (Phi) is 7.75. The number of ether oxygens (including phenoxy) is 1. The average Bonchev–Trinajstić information content (AvgIpc) is 2.68. The highest BCUT2D eigenvalue weighted by Gasteiger charge is 2.17. The summed E-state index contributed by atoms with van der Waals surface area (Å²) in [6, 6.07) is 3.18. The maximum Gasteiger partial charge on any atom is 0.341 e. The zero-order chi connectivity index (χ0) is 21.6. The Bertz CT molecular complexity index is 1060. The van der Waals surface area contributed by atoms with Gasteiger partial charge in [0, 0.05) is 35.8 Å². The molecule has 2 aromatic rings. The lowest BCUT2D eigenvalue weighted by Gasteiger charge is -2.15. The predicted octanol–water partition coefficient (Wildman–Crippen LogP) is 3.41. The van der Waals surface area contributed by atoms with E-state index in [1.807, 2.05) is 0 Å². The Labute approximate surface area is 172 Å². The fourth-order valence-corrected chi connectivity index (χ4v) is 3.02. The van der Waals surface area contributed by atoms with Crippen LogP contribution in [0.1, 0.15) is 15.9 Å². The third kappa shape index (κ3) is 5.34. The molecule has 3 N–H and O–H groups in total. The van der Waals surface area contributed by atoms with Gasteiger partial charge in [-0.3, -0.25) is 4.79 Å². The van der Waals surface area contributed by atoms with Crippen LogP contribution in [0.5, 0.6) is 5.75 Å². The lowest BCUT2D eigenvalue weighted by atomic mass is 10.0. The molecule has 0 fully saturated rings. The second-order valence-corrected chi connectivity index (χ2v) is 6.77. The van der Waals surface area contributed by atoms with Gasteiger partial charge in [-0.15, -0.1) is 0 Å². The number of hydrogen-bond donors (Lipinski definition) is 2. The maximum atomic E-state index is 13.5. The van der Waals surface area contributed by atoms with Crippen LogP contribution in [-0.2, 0) is 13.0 Å². The van der Waals surface area contributed by atoms with Crippen LogP contribution in [0.25, 0.3) is 10.9 Å². The summed E-state index contributed by atoms with van der Waals surface area (Å²) in [4.78, 5) is 24.2. The van der Waals surface area contributed by atoms with Crippen molar-refractivity contribution in [2.75, 3.05) is 20.3 Å². The van der Waals surface area contributed by atoms with Crippen LogP contribution < -0.4 is 15.9 Å². The first kappa shape index (κ1) is 22.4. The molecule has 0 saturated heterocycles. The van der Waals surface area contributed by atoms with E-state index in [0.717, 1.165) is 0 Å². The molecule has 0 aliphatic carbocycles. The zero-order valence-corrected chi connectivity index (χ0v) is 16.7. The number of aromatic carboxylic acids is 1. The highest BCUT2D eigenvalue weighted by Crippen LogP contribution is 2.27. The molecule has 2 rings (SSSR count). The summed E-state index contributed by atoms with van der Waals surface area (Å²) in [6.45, 7) is 3.38. The summed E-state index contributed by atoms with van der Waals surface area (Å²) >= 11 is 5.66. The number of halogens is 2. The van der Waals surface area contributed by atoms with Crippen molar-refractivity contribution in [2.24, 2.45) is 5.73 Å². The van der Waals surface area contributed by atoms with Gasteiger partial charge in [0.1, 0.15) is 18.0 Å². The number of nitrogens with two attached hydrogens (primary N) is 1. The minimum Gasteiger partial charge on any atom is -0.496 e. The van der Waals surface area contributed by atoms with E-state index in [0.29, 0.717) is 34.0 Å². The number of fused-ring (bicyclic) bond motifs is 1. The number of nitrogens with zero attached hydrogens (tertiary/aromatic N) is 1. The molecule has 0 aliphatic rings. The first-order chi connectivity index (χ1) is 13.8. The summed E-state index contributed by atoms with van der Waals surface area (Å²) in [5.74, 6) is -0.869. The Balaban J connectivity index is 2.67. The molecule has 1 aromatic heterocycles. The van der Waals surface area contributed by atoms with Crippen molar-refractivity contribution in [3.63, 3.8) is 0 Å². The topological polar surface area (TPSA) is 94.6 Å². The summed E-state index contributed by atoms with van der Waals surface area (Å²) < 4.78 is 20.5. The standard InChI is InChI=1S/C21H22ClFN2O4/c1-13(22)4-3-5-14(11-23)8-15-9-16-18(10-19(15)29-2)25(7-6-24)12-17(20(16)26)21(27)28/h3-5,9-10,12H,1,6-8,11,24H2,2H3,(H,27,28)/b4-3-,14-5-. The van der Waals surface area contributed by atoms with Gasteiger partial charge in [-0.1, -0.05) is 30.3 Å². The van der Waals surface area contributed by atoms with Crippen molar-refractivity contribution in [3.8, 4) is 5.75 Å². The van der Waals surface area contributed by atoms with Crippen molar-refractivity contribution < 1.29 is 19.0 Å². The number of pyridine rings is 1. The van der Waals surface area contributed by atoms with Crippen LogP contribution in [0.15, 0.2) is 58.5 Å². The van der Waals surface area contributed by atoms with E-state index in [2.05, 4.69) is 6.58 Å². The van der Waals surface area contributed by atoms with Gasteiger partial charge in [0.15, 0.2) is 0 Å². The summed E-state index contributed by atoms with van der Waals surface area (Å²) in [6.07, 6.45) is 6.11. The van der Waals surface area contributed by atoms with Crippen molar-refractivity contribution in [2.45, 2.75) is 13.0 Å². The Hall–Kier alpha value is -2.90. The van der Waals surface area contributed by atoms with E-state index < -0.39 is 18.1 Å². The Morgan fingerprint density at radius 1 is 1.45 bits per heavy atom. The molecule has 0 unspecified atom stereocenters. The molecule has 0 atom stereocenters. The first-order valence-corrected chi connectivity index (χ1v) is 9.14. The number of methoxy groups -OCH3 is 1. The van der Waals surface area contributed by atoms with Crippen molar-refractivity contribution in [1.29, 1.82) is 0 Å². The quantitative estimate of drug-likeness (QED) is 0.606. The largest absolute Gasteiger partial charge is 0.496 e. The molecule has 29 heavy (non-hydrogen) atoms. The number of carbonyl (C=O) groups is 1. The van der Waals surface area contributed by atoms with Crippen molar-refractivity contribution >= 4 is 28.5 Å². The minimum absolute atomic E-state index is 0.169. The van der Waals surface area contributed by atoms with E-state index in [4.69, 9.17) is 22.1 Å². The monoisotopic (exact) mass is 420 g/mol. The number of carboxylic acids is 1. The van der Waals surface area contributed by atoms with Gasteiger partial charge < -0.3 is 20.1 Å². The summed E-state index contributed by atoms with van der Waals surface area (Å²) in [5.41, 5.74) is 6.12. The molecule has 154 valence electrons. The van der Waals surface area contributed by atoms with E-state index in [-0.39, 0.29) is 23.9 Å². The average molecular weight is 421 g/mol. The second-order valence-electron chi connectivity index (χ2n) is 6.28. The number of rotatable bonds is 9. The maximum absolute atomic E-state index is 13.5. The number of allylic oxidation sites excluding steroid dienone is 5. The molecule has 0 bridgehead atoms. The van der Waals surface area contributed by atoms with E-state index in [1.165, 1.54) is 19.4 Å². The number of benzene rings is 1. The molecule has 0 amide bonds. The summed E-state index contributed by atoms with van der Waals surface area (Å²) in [7, 11) is 1.47. The molecule has 0 aliphatic heterocycles. The Morgan fingerprint density at radius 3 is 2.72 bits per heavy atom. The zero-order valence-electron chi connectivity index (χ0n) is 16.0. The fraction of sp³-hybridized carbons (Fsp3) is 0.238. The number of alkyl halides is 1. The van der Waals surface area contributed by atoms with Gasteiger partial charge in [-0.2, -0.15) is 0 Å². The molecule has 1 aromatic carbocycles. The van der Waals surface area contributed by atoms with Gasteiger partial charge in [0.05, 0.1) is 12.6 Å². The highest BCUT2D eigenvalue weighted by atomic mass is 35.5. The molecular weight excluding hydrogens is 399 g/mol. The van der Waals surface area contributed by atoms with Crippen LogP contribution in [0, 0.1) is 0 Å². The van der Waals surface area contributed by atoms with Crippen molar-refractivity contribution in [1.82, 2.24) is 4.57 Å². The lowest BCUT2D eigenvalue weighted by molar-refractivity contribution is 0.0695. The number of aromatic nitrogens is 1. The third-order valence-corrected chi connectivity index (χ3v) is 4.41. The third-order valence-electron chi connectivity index (χ3n) is 4.28. The predicted molar refractivity (Wildman–Crippen MR) is 113 cm³/mol. The fourth-order valence-electron chi connectivity index (χ4n) is 2.95. The smallest absolute Gasteiger partial charge is 0.341 e. The lowest BCUT2D eigenvalue weighted by Crippen LogP contribution is -2.21. The molecule has 0 spiro atoms.